The monoisotopic (exact) mass is 394 g/mol. The van der Waals surface area contributed by atoms with Crippen molar-refractivity contribution in [3.05, 3.63) is 71.3 Å². The maximum absolute atomic E-state index is 13.0. The molecule has 0 aliphatic carbocycles. The van der Waals surface area contributed by atoms with Gasteiger partial charge >= 0.3 is 5.97 Å². The van der Waals surface area contributed by atoms with E-state index < -0.39 is 11.9 Å². The van der Waals surface area contributed by atoms with E-state index in [-0.39, 0.29) is 24.9 Å². The molecule has 29 heavy (non-hydrogen) atoms. The van der Waals surface area contributed by atoms with Crippen molar-refractivity contribution >= 4 is 17.8 Å². The molecule has 1 unspecified atom stereocenters. The second-order valence-electron chi connectivity index (χ2n) is 7.50. The van der Waals surface area contributed by atoms with Crippen LogP contribution in [0.1, 0.15) is 34.3 Å². The van der Waals surface area contributed by atoms with Gasteiger partial charge in [0, 0.05) is 25.7 Å². The van der Waals surface area contributed by atoms with Crippen LogP contribution in [0, 0.1) is 5.92 Å². The van der Waals surface area contributed by atoms with Crippen molar-refractivity contribution in [1.82, 2.24) is 9.80 Å². The first-order chi connectivity index (χ1) is 14.0. The van der Waals surface area contributed by atoms with Crippen LogP contribution in [0.3, 0.4) is 0 Å². The topological polar surface area (TPSA) is 77.9 Å². The van der Waals surface area contributed by atoms with Crippen LogP contribution < -0.4 is 0 Å². The zero-order chi connectivity index (χ0) is 20.8. The number of nitrogens with zero attached hydrogens (tertiary/aromatic N) is 2. The lowest BCUT2D eigenvalue weighted by Gasteiger charge is -2.32. The van der Waals surface area contributed by atoms with Crippen LogP contribution >= 0.6 is 0 Å². The fraction of sp³-hybridized carbons (Fsp3) is 0.348. The quantitative estimate of drug-likeness (QED) is 0.817. The Morgan fingerprint density at radius 1 is 1.07 bits per heavy atom. The zero-order valence-electron chi connectivity index (χ0n) is 16.6. The molecule has 1 saturated heterocycles. The molecule has 2 aromatic rings. The van der Waals surface area contributed by atoms with Gasteiger partial charge in [0.1, 0.15) is 0 Å². The maximum atomic E-state index is 13.0. The van der Waals surface area contributed by atoms with Crippen molar-refractivity contribution in [2.24, 2.45) is 5.92 Å². The van der Waals surface area contributed by atoms with E-state index in [9.17, 15) is 19.5 Å². The number of aliphatic carboxylic acids is 1. The number of carboxylic acid groups (broad SMARTS) is 1. The van der Waals surface area contributed by atoms with Crippen LogP contribution in [0.2, 0.25) is 0 Å². The molecule has 152 valence electrons. The van der Waals surface area contributed by atoms with Crippen molar-refractivity contribution < 1.29 is 19.5 Å². The van der Waals surface area contributed by atoms with Crippen LogP contribution in [0.5, 0.6) is 0 Å². The lowest BCUT2D eigenvalue weighted by Crippen LogP contribution is -2.47. The number of likely N-dealkylation sites (tertiary alicyclic amines) is 1. The third kappa shape index (κ3) is 5.22. The number of amides is 2. The average molecular weight is 394 g/mol. The first-order valence-corrected chi connectivity index (χ1v) is 9.83. The lowest BCUT2D eigenvalue weighted by molar-refractivity contribution is -0.145. The Morgan fingerprint density at radius 3 is 2.48 bits per heavy atom. The predicted molar refractivity (Wildman–Crippen MR) is 110 cm³/mol. The minimum Gasteiger partial charge on any atom is -0.481 e. The number of hydrogen-bond donors (Lipinski definition) is 1. The first-order valence-electron chi connectivity index (χ1n) is 9.83. The molecule has 1 atom stereocenters. The first kappa shape index (κ1) is 20.6. The van der Waals surface area contributed by atoms with Crippen molar-refractivity contribution in [2.45, 2.75) is 19.3 Å². The van der Waals surface area contributed by atoms with Crippen molar-refractivity contribution in [3.63, 3.8) is 0 Å². The highest BCUT2D eigenvalue weighted by Gasteiger charge is 2.29. The number of carbonyl (C=O) groups is 3. The highest BCUT2D eigenvalue weighted by molar-refractivity contribution is 5.97. The van der Waals surface area contributed by atoms with Gasteiger partial charge in [-0.2, -0.15) is 0 Å². The molecular formula is C23H26N2O4. The second-order valence-corrected chi connectivity index (χ2v) is 7.50. The van der Waals surface area contributed by atoms with Gasteiger partial charge in [-0.1, -0.05) is 48.5 Å². The van der Waals surface area contributed by atoms with Crippen molar-refractivity contribution in [2.75, 3.05) is 26.7 Å². The molecule has 6 nitrogen and oxygen atoms in total. The molecule has 1 aliphatic heterocycles. The number of hydrogen-bond acceptors (Lipinski definition) is 3. The van der Waals surface area contributed by atoms with Crippen LogP contribution in [-0.4, -0.2) is 59.4 Å². The molecule has 1 heterocycles. The van der Waals surface area contributed by atoms with Crippen molar-refractivity contribution in [1.29, 1.82) is 0 Å². The summed E-state index contributed by atoms with van der Waals surface area (Å²) in [7, 11) is 1.61. The maximum Gasteiger partial charge on any atom is 0.308 e. The van der Waals surface area contributed by atoms with Crippen molar-refractivity contribution in [3.8, 4) is 0 Å². The van der Waals surface area contributed by atoms with E-state index in [1.165, 1.54) is 4.90 Å². The zero-order valence-corrected chi connectivity index (χ0v) is 16.6. The number of carbonyl (C=O) groups excluding carboxylic acids is 2. The molecule has 0 aromatic heterocycles. The Labute approximate surface area is 170 Å². The fourth-order valence-electron chi connectivity index (χ4n) is 3.68. The van der Waals surface area contributed by atoms with Crippen LogP contribution in [0.15, 0.2) is 54.6 Å². The van der Waals surface area contributed by atoms with Gasteiger partial charge in [-0.05, 0) is 36.5 Å². The Balaban J connectivity index is 1.67. The highest BCUT2D eigenvalue weighted by atomic mass is 16.4. The summed E-state index contributed by atoms with van der Waals surface area (Å²) >= 11 is 0. The highest BCUT2D eigenvalue weighted by Crippen LogP contribution is 2.18. The molecule has 0 bridgehead atoms. The van der Waals surface area contributed by atoms with E-state index in [2.05, 4.69) is 0 Å². The molecule has 0 spiro atoms. The smallest absolute Gasteiger partial charge is 0.308 e. The van der Waals surface area contributed by atoms with E-state index in [1.54, 1.807) is 18.0 Å². The Bertz CT molecular complexity index is 881. The minimum absolute atomic E-state index is 0.0646. The van der Waals surface area contributed by atoms with Gasteiger partial charge in [-0.3, -0.25) is 14.4 Å². The lowest BCUT2D eigenvalue weighted by atomic mass is 9.98. The van der Waals surface area contributed by atoms with Gasteiger partial charge in [0.15, 0.2) is 0 Å². The normalized spacial score (nSPS) is 16.3. The Morgan fingerprint density at radius 2 is 1.76 bits per heavy atom. The standard InChI is InChI=1S/C23H26N2O4/c1-24(16-21(26)25-13-7-11-19(15-25)23(28)29)22(27)20-12-6-5-10-18(20)14-17-8-3-2-4-9-17/h2-6,8-10,12,19H,7,11,13-16H2,1H3,(H,28,29). The van der Waals surface area contributed by atoms with Gasteiger partial charge in [-0.15, -0.1) is 0 Å². The summed E-state index contributed by atoms with van der Waals surface area (Å²) in [4.78, 5) is 39.8. The van der Waals surface area contributed by atoms with E-state index in [1.807, 2.05) is 48.5 Å². The van der Waals surface area contributed by atoms with E-state index in [4.69, 9.17) is 0 Å². The fourth-order valence-corrected chi connectivity index (χ4v) is 3.68. The largest absolute Gasteiger partial charge is 0.481 e. The van der Waals surface area contributed by atoms with Crippen LogP contribution in [-0.2, 0) is 16.0 Å². The summed E-state index contributed by atoms with van der Waals surface area (Å²) in [6.45, 7) is 0.681. The SMILES string of the molecule is CN(CC(=O)N1CCCC(C(=O)O)C1)C(=O)c1ccccc1Cc1ccccc1. The van der Waals surface area contributed by atoms with Crippen LogP contribution in [0.4, 0.5) is 0 Å². The third-order valence-electron chi connectivity index (χ3n) is 5.33. The van der Waals surface area contributed by atoms with Gasteiger partial charge in [0.2, 0.25) is 5.91 Å². The molecule has 3 rings (SSSR count). The predicted octanol–water partition coefficient (Wildman–Crippen LogP) is 2.67. The van der Waals surface area contributed by atoms with E-state index in [0.29, 0.717) is 31.4 Å². The molecule has 0 saturated carbocycles. The molecule has 1 N–H and O–H groups in total. The summed E-state index contributed by atoms with van der Waals surface area (Å²) in [6.07, 6.45) is 1.89. The van der Waals surface area contributed by atoms with Gasteiger partial charge in [0.05, 0.1) is 12.5 Å². The molecule has 2 aromatic carbocycles. The molecule has 0 radical (unpaired) electrons. The summed E-state index contributed by atoms with van der Waals surface area (Å²) < 4.78 is 0. The van der Waals surface area contributed by atoms with E-state index in [0.717, 1.165) is 11.1 Å². The molecule has 1 aliphatic rings. The Hall–Kier alpha value is -3.15. The number of likely N-dealkylation sites (N-methyl/N-ethyl adjacent to an activating group) is 1. The molecular weight excluding hydrogens is 368 g/mol. The summed E-state index contributed by atoms with van der Waals surface area (Å²) in [5, 5.41) is 9.21. The minimum atomic E-state index is -0.873. The number of benzene rings is 2. The second kappa shape index (κ2) is 9.37. The number of carboxylic acids is 1. The average Bonchev–Trinajstić information content (AvgIpc) is 2.74. The van der Waals surface area contributed by atoms with E-state index >= 15 is 0 Å². The summed E-state index contributed by atoms with van der Waals surface area (Å²) in [5.74, 6) is -1.83. The molecule has 2 amide bonds. The van der Waals surface area contributed by atoms with Crippen LogP contribution in [0.25, 0.3) is 0 Å². The summed E-state index contributed by atoms with van der Waals surface area (Å²) in [5.41, 5.74) is 2.60. The van der Waals surface area contributed by atoms with Gasteiger partial charge in [0.25, 0.3) is 5.91 Å². The van der Waals surface area contributed by atoms with Gasteiger partial charge < -0.3 is 14.9 Å². The molecule has 6 heteroatoms. The number of piperidine rings is 1. The third-order valence-corrected chi connectivity index (χ3v) is 5.33. The Kier molecular flexibility index (Phi) is 6.65. The summed E-state index contributed by atoms with van der Waals surface area (Å²) in [6, 6.07) is 17.4. The van der Waals surface area contributed by atoms with Gasteiger partial charge in [-0.25, -0.2) is 0 Å². The number of rotatable bonds is 6. The molecule has 1 fully saturated rings.